The maximum atomic E-state index is 12.2. The van der Waals surface area contributed by atoms with E-state index in [1.165, 1.54) is 16.2 Å². The first-order chi connectivity index (χ1) is 10.1. The summed E-state index contributed by atoms with van der Waals surface area (Å²) in [6.45, 7) is 0.992. The molecule has 0 aliphatic carbocycles. The van der Waals surface area contributed by atoms with Crippen molar-refractivity contribution in [3.05, 3.63) is 58.0 Å². The molecular weight excluding hydrogens is 266 g/mol. The Bertz CT molecular complexity index is 749. The summed E-state index contributed by atoms with van der Waals surface area (Å²) in [6, 6.07) is 8.82. The number of fused-ring (bicyclic) bond motifs is 1. The highest BCUT2D eigenvalue weighted by Gasteiger charge is 2.11. The lowest BCUT2D eigenvalue weighted by Crippen LogP contribution is -2.20. The average molecular weight is 283 g/mol. The van der Waals surface area contributed by atoms with Crippen LogP contribution in [0.5, 0.6) is 0 Å². The highest BCUT2D eigenvalue weighted by Crippen LogP contribution is 2.25. The van der Waals surface area contributed by atoms with Gasteiger partial charge in [-0.25, -0.2) is 0 Å². The first-order valence-electron chi connectivity index (χ1n) is 6.98. The van der Waals surface area contributed by atoms with Crippen molar-refractivity contribution < 1.29 is 4.79 Å². The first kappa shape index (κ1) is 13.4. The van der Waals surface area contributed by atoms with Gasteiger partial charge in [0.1, 0.15) is 0 Å². The van der Waals surface area contributed by atoms with Crippen LogP contribution in [0.25, 0.3) is 0 Å². The van der Waals surface area contributed by atoms with Crippen molar-refractivity contribution in [2.45, 2.75) is 12.8 Å². The zero-order chi connectivity index (χ0) is 14.8. The molecule has 1 aliphatic heterocycles. The van der Waals surface area contributed by atoms with Gasteiger partial charge in [0.05, 0.1) is 0 Å². The molecule has 0 saturated heterocycles. The molecule has 1 aliphatic rings. The summed E-state index contributed by atoms with van der Waals surface area (Å²) >= 11 is 0. The second kappa shape index (κ2) is 5.44. The summed E-state index contributed by atoms with van der Waals surface area (Å²) in [5, 5.41) is 6.17. The number of aryl methyl sites for hydroxylation is 2. The van der Waals surface area contributed by atoms with Crippen LogP contribution in [0.1, 0.15) is 22.3 Å². The van der Waals surface area contributed by atoms with Crippen LogP contribution < -0.4 is 16.2 Å². The smallest absolute Gasteiger partial charge is 0.255 e. The Morgan fingerprint density at radius 3 is 2.95 bits per heavy atom. The quantitative estimate of drug-likeness (QED) is 0.886. The van der Waals surface area contributed by atoms with Crippen molar-refractivity contribution >= 4 is 17.3 Å². The minimum atomic E-state index is -0.267. The number of hydrogen-bond acceptors (Lipinski definition) is 3. The number of hydrogen-bond donors (Lipinski definition) is 2. The van der Waals surface area contributed by atoms with Crippen molar-refractivity contribution in [3.63, 3.8) is 0 Å². The fourth-order valence-corrected chi connectivity index (χ4v) is 2.45. The number of benzene rings is 1. The van der Waals surface area contributed by atoms with E-state index in [0.29, 0.717) is 5.56 Å². The fourth-order valence-electron chi connectivity index (χ4n) is 2.45. The van der Waals surface area contributed by atoms with Gasteiger partial charge < -0.3 is 15.2 Å². The zero-order valence-electron chi connectivity index (χ0n) is 11.8. The highest BCUT2D eigenvalue weighted by molar-refractivity contribution is 6.04. The molecule has 0 spiro atoms. The Balaban J connectivity index is 1.81. The molecule has 108 valence electrons. The highest BCUT2D eigenvalue weighted by atomic mass is 16.2. The molecule has 5 heteroatoms. The van der Waals surface area contributed by atoms with E-state index >= 15 is 0 Å². The van der Waals surface area contributed by atoms with Gasteiger partial charge in [-0.1, -0.05) is 0 Å². The van der Waals surface area contributed by atoms with Gasteiger partial charge in [-0.2, -0.15) is 0 Å². The van der Waals surface area contributed by atoms with Gasteiger partial charge in [0.25, 0.3) is 11.5 Å². The molecule has 0 atom stereocenters. The monoisotopic (exact) mass is 283 g/mol. The Morgan fingerprint density at radius 2 is 2.14 bits per heavy atom. The second-order valence-electron chi connectivity index (χ2n) is 5.22. The molecule has 5 nitrogen and oxygen atoms in total. The standard InChI is InChI=1S/C16H17N3O2/c1-19-8-6-12(10-15(19)20)16(21)18-13-4-5-14-11(9-13)3-2-7-17-14/h4-6,8-10,17H,2-3,7H2,1H3,(H,18,21). The Labute approximate surface area is 122 Å². The largest absolute Gasteiger partial charge is 0.385 e. The summed E-state index contributed by atoms with van der Waals surface area (Å²) in [5.41, 5.74) is 3.27. The van der Waals surface area contributed by atoms with E-state index in [1.54, 1.807) is 19.3 Å². The van der Waals surface area contributed by atoms with Gasteiger partial charge >= 0.3 is 0 Å². The summed E-state index contributed by atoms with van der Waals surface area (Å²) in [5.74, 6) is -0.267. The van der Waals surface area contributed by atoms with E-state index in [0.717, 1.165) is 30.8 Å². The molecule has 1 amide bonds. The number of aromatic nitrogens is 1. The number of nitrogens with zero attached hydrogens (tertiary/aromatic N) is 1. The van der Waals surface area contributed by atoms with Crippen molar-refractivity contribution in [2.24, 2.45) is 7.05 Å². The third-order valence-corrected chi connectivity index (χ3v) is 3.67. The topological polar surface area (TPSA) is 63.1 Å². The minimum Gasteiger partial charge on any atom is -0.385 e. The second-order valence-corrected chi connectivity index (χ2v) is 5.22. The number of pyridine rings is 1. The Hall–Kier alpha value is -2.56. The molecule has 1 aromatic carbocycles. The molecular formula is C16H17N3O2. The molecule has 3 rings (SSSR count). The van der Waals surface area contributed by atoms with E-state index in [9.17, 15) is 9.59 Å². The normalized spacial score (nSPS) is 13.2. The van der Waals surface area contributed by atoms with Crippen molar-refractivity contribution in [2.75, 3.05) is 17.2 Å². The summed E-state index contributed by atoms with van der Waals surface area (Å²) < 4.78 is 1.43. The lowest BCUT2D eigenvalue weighted by atomic mass is 10.0. The molecule has 0 bridgehead atoms. The molecule has 0 saturated carbocycles. The fraction of sp³-hybridized carbons (Fsp3) is 0.250. The number of rotatable bonds is 2. The summed E-state index contributed by atoms with van der Waals surface area (Å²) in [7, 11) is 1.65. The first-order valence-corrected chi connectivity index (χ1v) is 6.98. The van der Waals surface area contributed by atoms with Gasteiger partial charge in [-0.15, -0.1) is 0 Å². The predicted octanol–water partition coefficient (Wildman–Crippen LogP) is 2.00. The number of amides is 1. The van der Waals surface area contributed by atoms with Crippen LogP contribution >= 0.6 is 0 Å². The molecule has 0 radical (unpaired) electrons. The van der Waals surface area contributed by atoms with Crippen molar-refractivity contribution in [3.8, 4) is 0 Å². The van der Waals surface area contributed by atoms with Gasteiger partial charge in [-0.3, -0.25) is 9.59 Å². The maximum Gasteiger partial charge on any atom is 0.255 e. The van der Waals surface area contributed by atoms with Crippen LogP contribution in [0, 0.1) is 0 Å². The van der Waals surface area contributed by atoms with Gasteiger partial charge in [0.2, 0.25) is 0 Å². The third-order valence-electron chi connectivity index (χ3n) is 3.67. The number of carbonyl (C=O) groups is 1. The number of anilines is 2. The molecule has 21 heavy (non-hydrogen) atoms. The van der Waals surface area contributed by atoms with Gasteiger partial charge in [0, 0.05) is 42.8 Å². The van der Waals surface area contributed by atoms with Crippen LogP contribution in [0.2, 0.25) is 0 Å². The Morgan fingerprint density at radius 1 is 1.29 bits per heavy atom. The molecule has 2 heterocycles. The molecule has 2 N–H and O–H groups in total. The maximum absolute atomic E-state index is 12.2. The van der Waals surface area contributed by atoms with Crippen LogP contribution in [-0.2, 0) is 13.5 Å². The van der Waals surface area contributed by atoms with E-state index in [2.05, 4.69) is 10.6 Å². The molecule has 1 aromatic heterocycles. The zero-order valence-corrected chi connectivity index (χ0v) is 11.8. The average Bonchev–Trinajstić information content (AvgIpc) is 2.50. The van der Waals surface area contributed by atoms with Gasteiger partial charge in [-0.05, 0) is 42.7 Å². The van der Waals surface area contributed by atoms with Crippen molar-refractivity contribution in [1.82, 2.24) is 4.57 Å². The SMILES string of the molecule is Cn1ccc(C(=O)Nc2ccc3c(c2)CCCN3)cc1=O. The van der Waals surface area contributed by atoms with E-state index in [-0.39, 0.29) is 11.5 Å². The lowest BCUT2D eigenvalue weighted by Gasteiger charge is -2.18. The summed E-state index contributed by atoms with van der Waals surface area (Å²) in [4.78, 5) is 23.7. The van der Waals surface area contributed by atoms with Crippen molar-refractivity contribution in [1.29, 1.82) is 0 Å². The number of nitrogens with one attached hydrogen (secondary N) is 2. The van der Waals surface area contributed by atoms with E-state index in [4.69, 9.17) is 0 Å². The van der Waals surface area contributed by atoms with Crippen LogP contribution in [-0.4, -0.2) is 17.0 Å². The molecule has 0 fully saturated rings. The number of carbonyl (C=O) groups excluding carboxylic acids is 1. The van der Waals surface area contributed by atoms with Gasteiger partial charge in [0.15, 0.2) is 0 Å². The lowest BCUT2D eigenvalue weighted by molar-refractivity contribution is 0.102. The van der Waals surface area contributed by atoms with E-state index < -0.39 is 0 Å². The van der Waals surface area contributed by atoms with Crippen LogP contribution in [0.4, 0.5) is 11.4 Å². The minimum absolute atomic E-state index is 0.197. The van der Waals surface area contributed by atoms with Crippen LogP contribution in [0.15, 0.2) is 41.3 Å². The Kier molecular flexibility index (Phi) is 3.48. The molecule has 0 unspecified atom stereocenters. The molecule has 2 aromatic rings. The van der Waals surface area contributed by atoms with E-state index in [1.807, 2.05) is 18.2 Å². The predicted molar refractivity (Wildman–Crippen MR) is 82.9 cm³/mol. The van der Waals surface area contributed by atoms with Crippen LogP contribution in [0.3, 0.4) is 0 Å². The summed E-state index contributed by atoms with van der Waals surface area (Å²) in [6.07, 6.45) is 3.70. The third kappa shape index (κ3) is 2.81.